The molecule has 1 aromatic rings. The van der Waals surface area contributed by atoms with Gasteiger partial charge < -0.3 is 14.4 Å². The van der Waals surface area contributed by atoms with Gasteiger partial charge in [-0.15, -0.1) is 0 Å². The Morgan fingerprint density at radius 2 is 1.79 bits per heavy atom. The van der Waals surface area contributed by atoms with Crippen molar-refractivity contribution >= 4 is 16.9 Å². The maximum Gasteiger partial charge on any atom is 0.410 e. The average Bonchev–Trinajstić information content (AvgIpc) is 2.54. The van der Waals surface area contributed by atoms with E-state index in [2.05, 4.69) is 0 Å². The van der Waals surface area contributed by atoms with Crippen molar-refractivity contribution in [1.82, 2.24) is 4.90 Å². The molecule has 1 fully saturated rings. The number of rotatable bonds is 4. The predicted molar refractivity (Wildman–Crippen MR) is 94.5 cm³/mol. The fourth-order valence-electron chi connectivity index (χ4n) is 2.86. The minimum absolute atomic E-state index is 0.306. The first-order valence-electron chi connectivity index (χ1n) is 8.21. The number of benzene rings is 1. The van der Waals surface area contributed by atoms with Gasteiger partial charge in [-0.3, -0.25) is 4.21 Å². The van der Waals surface area contributed by atoms with Crippen molar-refractivity contribution in [3.63, 3.8) is 0 Å². The second kappa shape index (κ2) is 7.66. The van der Waals surface area contributed by atoms with Crippen LogP contribution in [0.4, 0.5) is 4.79 Å². The van der Waals surface area contributed by atoms with Crippen LogP contribution in [0.3, 0.4) is 0 Å². The summed E-state index contributed by atoms with van der Waals surface area (Å²) in [5.74, 6) is 0. The highest BCUT2D eigenvalue weighted by Gasteiger charge is 2.42. The highest BCUT2D eigenvalue weighted by Crippen LogP contribution is 2.33. The van der Waals surface area contributed by atoms with Gasteiger partial charge in [0, 0.05) is 25.1 Å². The second-order valence-corrected chi connectivity index (χ2v) is 9.04. The summed E-state index contributed by atoms with van der Waals surface area (Å²) in [5.41, 5.74) is -0.509. The van der Waals surface area contributed by atoms with Gasteiger partial charge in [-0.25, -0.2) is 4.79 Å². The highest BCUT2D eigenvalue weighted by atomic mass is 32.2. The van der Waals surface area contributed by atoms with Crippen molar-refractivity contribution in [3.05, 3.63) is 30.3 Å². The van der Waals surface area contributed by atoms with Crippen LogP contribution in [-0.4, -0.2) is 52.4 Å². The molecular formula is C18H27NO4S. The molecule has 1 aliphatic heterocycles. The van der Waals surface area contributed by atoms with Gasteiger partial charge in [-0.1, -0.05) is 18.2 Å². The minimum atomic E-state index is -1.18. The van der Waals surface area contributed by atoms with Crippen molar-refractivity contribution in [2.75, 3.05) is 26.8 Å². The van der Waals surface area contributed by atoms with Crippen LogP contribution in [-0.2, 0) is 20.3 Å². The van der Waals surface area contributed by atoms with E-state index in [9.17, 15) is 9.00 Å². The van der Waals surface area contributed by atoms with E-state index < -0.39 is 21.1 Å². The molecule has 0 bridgehead atoms. The van der Waals surface area contributed by atoms with E-state index in [0.717, 1.165) is 4.90 Å². The van der Waals surface area contributed by atoms with E-state index in [4.69, 9.17) is 9.47 Å². The van der Waals surface area contributed by atoms with Crippen LogP contribution in [0.5, 0.6) is 0 Å². The Hall–Kier alpha value is -1.40. The molecule has 6 heteroatoms. The van der Waals surface area contributed by atoms with Crippen LogP contribution in [0.15, 0.2) is 35.2 Å². The third-order valence-electron chi connectivity index (χ3n) is 4.08. The zero-order chi connectivity index (χ0) is 17.8. The summed E-state index contributed by atoms with van der Waals surface area (Å²) in [6, 6.07) is 9.46. The zero-order valence-electron chi connectivity index (χ0n) is 14.9. The normalized spacial score (nSPS) is 18.9. The average molecular weight is 353 g/mol. The zero-order valence-corrected chi connectivity index (χ0v) is 15.7. The summed E-state index contributed by atoms with van der Waals surface area (Å²) in [4.78, 5) is 14.7. The van der Waals surface area contributed by atoms with E-state index in [0.29, 0.717) is 32.5 Å². The largest absolute Gasteiger partial charge is 0.444 e. The summed E-state index contributed by atoms with van der Waals surface area (Å²) >= 11 is 0. The van der Waals surface area contributed by atoms with Crippen LogP contribution < -0.4 is 0 Å². The van der Waals surface area contributed by atoms with Gasteiger partial charge in [-0.05, 0) is 45.7 Å². The summed E-state index contributed by atoms with van der Waals surface area (Å²) < 4.78 is 23.5. The Balaban J connectivity index is 2.09. The van der Waals surface area contributed by atoms with Crippen molar-refractivity contribution in [2.24, 2.45) is 0 Å². The third kappa shape index (κ3) is 4.57. The first-order chi connectivity index (χ1) is 11.3. The molecule has 134 valence electrons. The van der Waals surface area contributed by atoms with Crippen molar-refractivity contribution in [1.29, 1.82) is 0 Å². The van der Waals surface area contributed by atoms with Crippen LogP contribution in [0.25, 0.3) is 0 Å². The molecule has 24 heavy (non-hydrogen) atoms. The number of methoxy groups -OCH3 is 1. The van der Waals surface area contributed by atoms with Gasteiger partial charge in [0.05, 0.1) is 22.2 Å². The lowest BCUT2D eigenvalue weighted by molar-refractivity contribution is 0.0166. The molecule has 0 aromatic heterocycles. The molecule has 1 amide bonds. The van der Waals surface area contributed by atoms with Crippen LogP contribution in [0.1, 0.15) is 33.6 Å². The first-order valence-corrected chi connectivity index (χ1v) is 9.36. The fourth-order valence-corrected chi connectivity index (χ4v) is 4.55. The van der Waals surface area contributed by atoms with E-state index in [-0.39, 0.29) is 6.09 Å². The lowest BCUT2D eigenvalue weighted by Crippen LogP contribution is -2.52. The number of amides is 1. The topological polar surface area (TPSA) is 55.8 Å². The summed E-state index contributed by atoms with van der Waals surface area (Å²) in [5, 5.41) is 0. The van der Waals surface area contributed by atoms with Gasteiger partial charge in [0.15, 0.2) is 0 Å². The van der Waals surface area contributed by atoms with E-state index in [1.165, 1.54) is 0 Å². The molecule has 0 radical (unpaired) electrons. The van der Waals surface area contributed by atoms with E-state index in [1.807, 2.05) is 51.1 Å². The number of nitrogens with zero attached hydrogens (tertiary/aromatic N) is 1. The summed E-state index contributed by atoms with van der Waals surface area (Å²) in [6.07, 6.45) is 0.947. The number of hydrogen-bond donors (Lipinski definition) is 0. The number of likely N-dealkylation sites (tertiary alicyclic amines) is 1. The molecule has 0 spiro atoms. The Morgan fingerprint density at radius 3 is 2.29 bits per heavy atom. The second-order valence-electron chi connectivity index (χ2n) is 7.17. The van der Waals surface area contributed by atoms with Crippen LogP contribution in [0, 0.1) is 0 Å². The number of piperidine rings is 1. The molecule has 1 saturated heterocycles. The van der Waals surface area contributed by atoms with Gasteiger partial charge >= 0.3 is 6.09 Å². The highest BCUT2D eigenvalue weighted by molar-refractivity contribution is 7.86. The molecule has 1 unspecified atom stereocenters. The van der Waals surface area contributed by atoms with Crippen LogP contribution >= 0.6 is 0 Å². The van der Waals surface area contributed by atoms with Crippen molar-refractivity contribution < 1.29 is 18.5 Å². The SMILES string of the molecule is COCC1(S(=O)c2ccccc2)CCN(C(=O)OC(C)(C)C)CC1. The Bertz CT molecular complexity index is 574. The maximum absolute atomic E-state index is 13.1. The van der Waals surface area contributed by atoms with Crippen LogP contribution in [0.2, 0.25) is 0 Å². The molecule has 0 N–H and O–H groups in total. The Kier molecular flexibility index (Phi) is 6.04. The van der Waals surface area contributed by atoms with E-state index >= 15 is 0 Å². The van der Waals surface area contributed by atoms with Gasteiger partial charge in [-0.2, -0.15) is 0 Å². The molecule has 1 atom stereocenters. The quantitative estimate of drug-likeness (QED) is 0.834. The smallest absolute Gasteiger partial charge is 0.410 e. The van der Waals surface area contributed by atoms with Gasteiger partial charge in [0.1, 0.15) is 5.60 Å². The number of carbonyl (C=O) groups excluding carboxylic acids is 1. The van der Waals surface area contributed by atoms with Gasteiger partial charge in [0.25, 0.3) is 0 Å². The molecule has 2 rings (SSSR count). The van der Waals surface area contributed by atoms with Crippen molar-refractivity contribution in [2.45, 2.75) is 48.9 Å². The monoisotopic (exact) mass is 353 g/mol. The van der Waals surface area contributed by atoms with Crippen molar-refractivity contribution in [3.8, 4) is 0 Å². The van der Waals surface area contributed by atoms with Gasteiger partial charge in [0.2, 0.25) is 0 Å². The summed E-state index contributed by atoms with van der Waals surface area (Å²) in [7, 11) is 0.450. The predicted octanol–water partition coefficient (Wildman–Crippen LogP) is 3.21. The third-order valence-corrected chi connectivity index (χ3v) is 6.10. The maximum atomic E-state index is 13.1. The fraction of sp³-hybridized carbons (Fsp3) is 0.611. The molecule has 1 heterocycles. The molecule has 0 saturated carbocycles. The Labute approximate surface area is 146 Å². The molecular weight excluding hydrogens is 326 g/mol. The minimum Gasteiger partial charge on any atom is -0.444 e. The van der Waals surface area contributed by atoms with E-state index in [1.54, 1.807) is 12.0 Å². The molecule has 0 aliphatic carbocycles. The lowest BCUT2D eigenvalue weighted by Gasteiger charge is -2.40. The number of carbonyl (C=O) groups is 1. The Morgan fingerprint density at radius 1 is 1.21 bits per heavy atom. The number of ether oxygens (including phenoxy) is 2. The lowest BCUT2D eigenvalue weighted by atomic mass is 9.97. The number of hydrogen-bond acceptors (Lipinski definition) is 4. The standard InChI is InChI=1S/C18H27NO4S/c1-17(2,3)23-16(20)19-12-10-18(11-13-19,14-22-4)24(21)15-8-6-5-7-9-15/h5-9H,10-14H2,1-4H3. The molecule has 5 nitrogen and oxygen atoms in total. The molecule has 1 aliphatic rings. The molecule has 1 aromatic carbocycles. The first kappa shape index (κ1) is 18.9. The summed E-state index contributed by atoms with van der Waals surface area (Å²) in [6.45, 7) is 7.03.